The fourth-order valence-corrected chi connectivity index (χ4v) is 3.81. The van der Waals surface area contributed by atoms with Gasteiger partial charge in [-0.25, -0.2) is 4.79 Å². The Labute approximate surface area is 209 Å². The molecule has 0 saturated carbocycles. The van der Waals surface area contributed by atoms with Gasteiger partial charge in [-0.2, -0.15) is 0 Å². The number of amides is 1. The fourth-order valence-electron chi connectivity index (χ4n) is 3.69. The van der Waals surface area contributed by atoms with E-state index < -0.39 is 11.2 Å². The van der Waals surface area contributed by atoms with Crippen LogP contribution in [-0.4, -0.2) is 22.1 Å². The summed E-state index contributed by atoms with van der Waals surface area (Å²) >= 11 is 6.05. The molecule has 0 aliphatic rings. The number of hydrogen-bond acceptors (Lipinski definition) is 5. The second-order valence-corrected chi connectivity index (χ2v) is 8.73. The third-order valence-corrected chi connectivity index (χ3v) is 6.06. The second-order valence-electron chi connectivity index (χ2n) is 8.33. The van der Waals surface area contributed by atoms with Crippen molar-refractivity contribution in [3.05, 3.63) is 85.5 Å². The lowest BCUT2D eigenvalue weighted by Gasteiger charge is -2.25. The number of carbonyl (C=O) groups excluding carboxylic acids is 1. The van der Waals surface area contributed by atoms with Crippen molar-refractivity contribution < 1.29 is 9.53 Å². The van der Waals surface area contributed by atoms with E-state index in [0.29, 0.717) is 36.8 Å². The van der Waals surface area contributed by atoms with Crippen molar-refractivity contribution in [1.82, 2.24) is 9.55 Å². The molecule has 1 aromatic heterocycles. The molecule has 0 saturated heterocycles. The minimum Gasteiger partial charge on any atom is -0.494 e. The van der Waals surface area contributed by atoms with E-state index in [0.717, 1.165) is 17.5 Å². The monoisotopic (exact) mass is 498 g/mol. The summed E-state index contributed by atoms with van der Waals surface area (Å²) in [5.41, 5.74) is 6.75. The Bertz CT molecular complexity index is 1270. The Morgan fingerprint density at radius 1 is 1.14 bits per heavy atom. The lowest BCUT2D eigenvalue weighted by molar-refractivity contribution is -0.119. The molecule has 2 aromatic carbocycles. The SMILES string of the molecule is CCCCn1c(N)c(N(Cc2ccccc2)C(=O)CCCOc2ccc(Cl)c(C)c2)c(=O)[nH]c1=O. The number of hydrogen-bond donors (Lipinski definition) is 2. The average Bonchev–Trinajstić information content (AvgIpc) is 2.83. The smallest absolute Gasteiger partial charge is 0.330 e. The lowest BCUT2D eigenvalue weighted by atomic mass is 10.2. The van der Waals surface area contributed by atoms with Gasteiger partial charge in [0.1, 0.15) is 11.6 Å². The Balaban J connectivity index is 1.82. The zero-order valence-corrected chi connectivity index (χ0v) is 20.8. The van der Waals surface area contributed by atoms with Gasteiger partial charge in [0, 0.05) is 18.0 Å². The number of aromatic amines is 1. The lowest BCUT2D eigenvalue weighted by Crippen LogP contribution is -2.41. The molecule has 0 unspecified atom stereocenters. The molecule has 0 aliphatic carbocycles. The highest BCUT2D eigenvalue weighted by molar-refractivity contribution is 6.31. The van der Waals surface area contributed by atoms with Gasteiger partial charge in [0.15, 0.2) is 5.69 Å². The molecule has 3 rings (SSSR count). The molecule has 1 amide bonds. The van der Waals surface area contributed by atoms with E-state index in [1.165, 1.54) is 9.47 Å². The van der Waals surface area contributed by atoms with Crippen LogP contribution in [0.3, 0.4) is 0 Å². The van der Waals surface area contributed by atoms with E-state index in [9.17, 15) is 14.4 Å². The predicted molar refractivity (Wildman–Crippen MR) is 139 cm³/mol. The maximum atomic E-state index is 13.3. The highest BCUT2D eigenvalue weighted by Crippen LogP contribution is 2.23. The van der Waals surface area contributed by atoms with Gasteiger partial charge in [-0.1, -0.05) is 55.3 Å². The van der Waals surface area contributed by atoms with Crippen LogP contribution >= 0.6 is 11.6 Å². The first-order valence-corrected chi connectivity index (χ1v) is 12.1. The third-order valence-electron chi connectivity index (χ3n) is 5.64. The number of anilines is 2. The maximum absolute atomic E-state index is 13.3. The molecule has 9 heteroatoms. The molecule has 0 aliphatic heterocycles. The number of nitrogens with zero attached hydrogens (tertiary/aromatic N) is 2. The van der Waals surface area contributed by atoms with Crippen molar-refractivity contribution in [3.8, 4) is 5.75 Å². The van der Waals surface area contributed by atoms with Crippen LogP contribution in [0.2, 0.25) is 5.02 Å². The molecular formula is C26H31ClN4O4. The summed E-state index contributed by atoms with van der Waals surface area (Å²) in [7, 11) is 0. The number of carbonyl (C=O) groups is 1. The third kappa shape index (κ3) is 6.76. The molecule has 8 nitrogen and oxygen atoms in total. The summed E-state index contributed by atoms with van der Waals surface area (Å²) in [5, 5.41) is 0.659. The van der Waals surface area contributed by atoms with Crippen molar-refractivity contribution in [1.29, 1.82) is 0 Å². The van der Waals surface area contributed by atoms with Crippen LogP contribution in [0.5, 0.6) is 5.75 Å². The molecule has 3 N–H and O–H groups in total. The average molecular weight is 499 g/mol. The van der Waals surface area contributed by atoms with Crippen LogP contribution in [0, 0.1) is 6.92 Å². The fraction of sp³-hybridized carbons (Fsp3) is 0.346. The van der Waals surface area contributed by atoms with Gasteiger partial charge in [-0.3, -0.25) is 19.1 Å². The van der Waals surface area contributed by atoms with E-state index in [-0.39, 0.29) is 30.4 Å². The predicted octanol–water partition coefficient (Wildman–Crippen LogP) is 4.27. The standard InChI is InChI=1S/C26H31ClN4O4/c1-3-4-14-30-24(28)23(25(33)29-26(30)34)31(17-19-9-6-5-7-10-19)22(32)11-8-15-35-20-12-13-21(27)18(2)16-20/h5-7,9-10,12-13,16H,3-4,8,11,14-15,17,28H2,1-2H3,(H,29,33,34). The quantitative estimate of drug-likeness (QED) is 0.383. The van der Waals surface area contributed by atoms with Crippen LogP contribution in [0.25, 0.3) is 0 Å². The summed E-state index contributed by atoms with van der Waals surface area (Å²) < 4.78 is 7.07. The molecular weight excluding hydrogens is 468 g/mol. The van der Waals surface area contributed by atoms with Gasteiger partial charge in [-0.05, 0) is 49.1 Å². The molecule has 0 fully saturated rings. The summed E-state index contributed by atoms with van der Waals surface area (Å²) in [5.74, 6) is 0.371. The second kappa shape index (κ2) is 12.3. The van der Waals surface area contributed by atoms with Crippen molar-refractivity contribution in [2.45, 2.75) is 52.6 Å². The molecule has 1 heterocycles. The summed E-state index contributed by atoms with van der Waals surface area (Å²) in [6.07, 6.45) is 2.12. The number of ether oxygens (including phenoxy) is 1. The minimum absolute atomic E-state index is 0.00984. The van der Waals surface area contributed by atoms with E-state index in [1.54, 1.807) is 12.1 Å². The van der Waals surface area contributed by atoms with Crippen molar-refractivity contribution in [2.24, 2.45) is 0 Å². The Morgan fingerprint density at radius 2 is 1.89 bits per heavy atom. The minimum atomic E-state index is -0.683. The maximum Gasteiger partial charge on any atom is 0.330 e. The topological polar surface area (TPSA) is 110 Å². The molecule has 35 heavy (non-hydrogen) atoms. The number of halogens is 1. The van der Waals surface area contributed by atoms with Crippen LogP contribution in [0.15, 0.2) is 58.1 Å². The number of nitrogens with one attached hydrogen (secondary N) is 1. The molecule has 0 bridgehead atoms. The molecule has 0 radical (unpaired) electrons. The largest absolute Gasteiger partial charge is 0.494 e. The highest BCUT2D eigenvalue weighted by Gasteiger charge is 2.24. The van der Waals surface area contributed by atoms with E-state index >= 15 is 0 Å². The van der Waals surface area contributed by atoms with Gasteiger partial charge in [-0.15, -0.1) is 0 Å². The summed E-state index contributed by atoms with van der Waals surface area (Å²) in [6, 6.07) is 14.7. The first-order valence-electron chi connectivity index (χ1n) is 11.7. The van der Waals surface area contributed by atoms with Gasteiger partial charge < -0.3 is 15.4 Å². The number of H-pyrrole nitrogens is 1. The van der Waals surface area contributed by atoms with Crippen molar-refractivity contribution in [3.63, 3.8) is 0 Å². The number of unbranched alkanes of at least 4 members (excludes halogenated alkanes) is 1. The number of nitrogens with two attached hydrogens (primary N) is 1. The molecule has 3 aromatic rings. The Morgan fingerprint density at radius 3 is 2.57 bits per heavy atom. The number of benzene rings is 2. The van der Waals surface area contributed by atoms with E-state index in [1.807, 2.05) is 50.2 Å². The highest BCUT2D eigenvalue weighted by atomic mass is 35.5. The van der Waals surface area contributed by atoms with Crippen LogP contribution < -0.4 is 26.6 Å². The first kappa shape index (κ1) is 26.1. The van der Waals surface area contributed by atoms with Crippen LogP contribution in [0.4, 0.5) is 11.5 Å². The van der Waals surface area contributed by atoms with Crippen molar-refractivity contribution in [2.75, 3.05) is 17.2 Å². The number of rotatable bonds is 11. The first-order chi connectivity index (χ1) is 16.8. The molecule has 0 spiro atoms. The summed E-state index contributed by atoms with van der Waals surface area (Å²) in [4.78, 5) is 42.2. The zero-order valence-electron chi connectivity index (χ0n) is 20.1. The molecule has 186 valence electrons. The summed E-state index contributed by atoms with van der Waals surface area (Å²) in [6.45, 7) is 4.70. The number of aromatic nitrogens is 2. The van der Waals surface area contributed by atoms with Crippen molar-refractivity contribution >= 4 is 29.0 Å². The van der Waals surface area contributed by atoms with Gasteiger partial charge in [0.05, 0.1) is 13.2 Å². The van der Waals surface area contributed by atoms with Gasteiger partial charge >= 0.3 is 5.69 Å². The van der Waals surface area contributed by atoms with Crippen LogP contribution in [0.1, 0.15) is 43.7 Å². The zero-order chi connectivity index (χ0) is 25.4. The van der Waals surface area contributed by atoms with E-state index in [4.69, 9.17) is 22.1 Å². The Hall–Kier alpha value is -3.52. The number of aryl methyl sites for hydroxylation is 1. The van der Waals surface area contributed by atoms with E-state index in [2.05, 4.69) is 4.98 Å². The number of nitrogen functional groups attached to an aromatic ring is 1. The normalized spacial score (nSPS) is 10.8. The van der Waals surface area contributed by atoms with Crippen LogP contribution in [-0.2, 0) is 17.9 Å². The Kier molecular flexibility index (Phi) is 9.14. The van der Waals surface area contributed by atoms with Gasteiger partial charge in [0.25, 0.3) is 5.56 Å². The van der Waals surface area contributed by atoms with Gasteiger partial charge in [0.2, 0.25) is 5.91 Å². The molecule has 0 atom stereocenters.